The summed E-state index contributed by atoms with van der Waals surface area (Å²) in [5, 5.41) is 18.1. The van der Waals surface area contributed by atoms with Crippen molar-refractivity contribution in [2.75, 3.05) is 13.1 Å². The van der Waals surface area contributed by atoms with E-state index in [1.54, 1.807) is 4.90 Å². The van der Waals surface area contributed by atoms with Crippen LogP contribution in [0.2, 0.25) is 5.02 Å². The van der Waals surface area contributed by atoms with Crippen LogP contribution in [-0.4, -0.2) is 29.0 Å². The highest BCUT2D eigenvalue weighted by atomic mass is 35.5. The molecule has 0 aliphatic heterocycles. The lowest BCUT2D eigenvalue weighted by molar-refractivity contribution is 0.0740. The Morgan fingerprint density at radius 2 is 2.21 bits per heavy atom. The van der Waals surface area contributed by atoms with Crippen LogP contribution in [0.4, 0.5) is 0 Å². The van der Waals surface area contributed by atoms with E-state index in [1.165, 1.54) is 18.2 Å². The van der Waals surface area contributed by atoms with Crippen LogP contribution < -0.4 is 0 Å². The third kappa shape index (κ3) is 4.46. The highest BCUT2D eigenvalue weighted by molar-refractivity contribution is 6.32. The van der Waals surface area contributed by atoms with Gasteiger partial charge >= 0.3 is 0 Å². The number of phenols is 1. The number of rotatable bonds is 5. The van der Waals surface area contributed by atoms with Crippen molar-refractivity contribution >= 4 is 17.5 Å². The monoisotopic (exact) mass is 280 g/mol. The van der Waals surface area contributed by atoms with Gasteiger partial charge in [-0.3, -0.25) is 4.79 Å². The molecule has 0 unspecified atom stereocenters. The molecule has 0 saturated carbocycles. The van der Waals surface area contributed by atoms with E-state index in [0.29, 0.717) is 31.0 Å². The zero-order chi connectivity index (χ0) is 14.4. The zero-order valence-corrected chi connectivity index (χ0v) is 11.8. The lowest BCUT2D eigenvalue weighted by Gasteiger charge is -2.23. The van der Waals surface area contributed by atoms with Gasteiger partial charge in [0.25, 0.3) is 5.91 Å². The normalized spacial score (nSPS) is 10.3. The van der Waals surface area contributed by atoms with Crippen molar-refractivity contribution in [1.29, 1.82) is 5.26 Å². The third-order valence-corrected chi connectivity index (χ3v) is 2.86. The van der Waals surface area contributed by atoms with E-state index in [1.807, 2.05) is 19.9 Å². The van der Waals surface area contributed by atoms with E-state index < -0.39 is 0 Å². The molecule has 0 bridgehead atoms. The average Bonchev–Trinajstić information content (AvgIpc) is 2.36. The number of hydrogen-bond acceptors (Lipinski definition) is 3. The van der Waals surface area contributed by atoms with E-state index in [-0.39, 0.29) is 16.7 Å². The topological polar surface area (TPSA) is 64.3 Å². The maximum Gasteiger partial charge on any atom is 0.253 e. The highest BCUT2D eigenvalue weighted by Crippen LogP contribution is 2.24. The van der Waals surface area contributed by atoms with E-state index in [4.69, 9.17) is 16.9 Å². The van der Waals surface area contributed by atoms with Gasteiger partial charge in [-0.1, -0.05) is 25.4 Å². The van der Waals surface area contributed by atoms with Crippen LogP contribution in [0.25, 0.3) is 0 Å². The van der Waals surface area contributed by atoms with E-state index in [0.717, 1.165) is 0 Å². The van der Waals surface area contributed by atoms with Crippen LogP contribution in [0.3, 0.4) is 0 Å². The number of carbonyl (C=O) groups is 1. The second-order valence-corrected chi connectivity index (χ2v) is 5.13. The molecule has 102 valence electrons. The fourth-order valence-corrected chi connectivity index (χ4v) is 1.90. The molecule has 0 aromatic heterocycles. The van der Waals surface area contributed by atoms with Crippen LogP contribution in [0.15, 0.2) is 18.2 Å². The van der Waals surface area contributed by atoms with Crippen LogP contribution >= 0.6 is 11.6 Å². The quantitative estimate of drug-likeness (QED) is 0.901. The third-order valence-electron chi connectivity index (χ3n) is 2.56. The summed E-state index contributed by atoms with van der Waals surface area (Å²) < 4.78 is 0. The Morgan fingerprint density at radius 1 is 1.53 bits per heavy atom. The summed E-state index contributed by atoms with van der Waals surface area (Å²) >= 11 is 5.80. The molecule has 19 heavy (non-hydrogen) atoms. The smallest absolute Gasteiger partial charge is 0.253 e. The van der Waals surface area contributed by atoms with Gasteiger partial charge in [-0.25, -0.2) is 0 Å². The second kappa shape index (κ2) is 7.01. The molecule has 0 spiro atoms. The number of hydrogen-bond donors (Lipinski definition) is 1. The molecule has 1 aromatic carbocycles. The molecule has 0 heterocycles. The van der Waals surface area contributed by atoms with Gasteiger partial charge in [0, 0.05) is 18.7 Å². The van der Waals surface area contributed by atoms with Crippen LogP contribution in [-0.2, 0) is 0 Å². The molecular formula is C14H17ClN2O2. The predicted octanol–water partition coefficient (Wildman–Crippen LogP) is 3.06. The van der Waals surface area contributed by atoms with Gasteiger partial charge in [0.05, 0.1) is 17.5 Å². The van der Waals surface area contributed by atoms with Gasteiger partial charge in [0.15, 0.2) is 0 Å². The van der Waals surface area contributed by atoms with E-state index >= 15 is 0 Å². The first kappa shape index (κ1) is 15.3. The summed E-state index contributed by atoms with van der Waals surface area (Å²) in [5.41, 5.74) is 0.418. The number of nitrogens with zero attached hydrogens (tertiary/aromatic N) is 2. The average molecular weight is 281 g/mol. The van der Waals surface area contributed by atoms with Crippen molar-refractivity contribution in [3.8, 4) is 11.8 Å². The largest absolute Gasteiger partial charge is 0.506 e. The predicted molar refractivity (Wildman–Crippen MR) is 74.1 cm³/mol. The van der Waals surface area contributed by atoms with Crippen molar-refractivity contribution in [2.24, 2.45) is 5.92 Å². The number of carbonyl (C=O) groups excluding carboxylic acids is 1. The molecule has 0 radical (unpaired) electrons. The molecule has 0 aliphatic carbocycles. The van der Waals surface area contributed by atoms with Crippen molar-refractivity contribution in [1.82, 2.24) is 4.90 Å². The molecule has 1 amide bonds. The van der Waals surface area contributed by atoms with Crippen LogP contribution in [0, 0.1) is 17.2 Å². The zero-order valence-electron chi connectivity index (χ0n) is 11.1. The molecule has 0 aliphatic rings. The standard InChI is InChI=1S/C14H17ClN2O2/c1-10(2)9-17(7-3-6-16)14(19)11-4-5-13(18)12(15)8-11/h4-5,8,10,18H,3,7,9H2,1-2H3. The number of phenolic OH excluding ortho intramolecular Hbond substituents is 1. The van der Waals surface area contributed by atoms with Crippen molar-refractivity contribution < 1.29 is 9.90 Å². The number of aromatic hydroxyl groups is 1. The minimum atomic E-state index is -0.175. The number of halogens is 1. The fraction of sp³-hybridized carbons (Fsp3) is 0.429. The Bertz CT molecular complexity index is 495. The first-order chi connectivity index (χ1) is 8.95. The lowest BCUT2D eigenvalue weighted by Crippen LogP contribution is -2.35. The molecule has 0 atom stereocenters. The summed E-state index contributed by atoms with van der Waals surface area (Å²) in [4.78, 5) is 14.0. The lowest BCUT2D eigenvalue weighted by atomic mass is 10.1. The summed E-state index contributed by atoms with van der Waals surface area (Å²) in [5.74, 6) is 0.0896. The van der Waals surface area contributed by atoms with Crippen LogP contribution in [0.5, 0.6) is 5.75 Å². The van der Waals surface area contributed by atoms with Gasteiger partial charge in [0.1, 0.15) is 5.75 Å². The molecule has 4 nitrogen and oxygen atoms in total. The maximum atomic E-state index is 12.3. The summed E-state index contributed by atoms with van der Waals surface area (Å²) in [7, 11) is 0. The highest BCUT2D eigenvalue weighted by Gasteiger charge is 2.17. The first-order valence-electron chi connectivity index (χ1n) is 6.10. The van der Waals surface area contributed by atoms with Crippen molar-refractivity contribution in [2.45, 2.75) is 20.3 Å². The molecule has 0 fully saturated rings. The van der Waals surface area contributed by atoms with Gasteiger partial charge in [-0.2, -0.15) is 5.26 Å². The molecule has 1 rings (SSSR count). The Labute approximate surface area is 118 Å². The number of amides is 1. The van der Waals surface area contributed by atoms with Gasteiger partial charge in [-0.15, -0.1) is 0 Å². The molecule has 1 aromatic rings. The van der Waals surface area contributed by atoms with Crippen molar-refractivity contribution in [3.63, 3.8) is 0 Å². The Morgan fingerprint density at radius 3 is 2.74 bits per heavy atom. The molecule has 1 N–H and O–H groups in total. The van der Waals surface area contributed by atoms with Crippen molar-refractivity contribution in [3.05, 3.63) is 28.8 Å². The Hall–Kier alpha value is -1.73. The second-order valence-electron chi connectivity index (χ2n) is 4.72. The van der Waals surface area contributed by atoms with E-state index in [2.05, 4.69) is 0 Å². The van der Waals surface area contributed by atoms with E-state index in [9.17, 15) is 9.90 Å². The van der Waals surface area contributed by atoms with Gasteiger partial charge < -0.3 is 10.0 Å². The molecular weight excluding hydrogens is 264 g/mol. The Kier molecular flexibility index (Phi) is 5.65. The SMILES string of the molecule is CC(C)CN(CCC#N)C(=O)c1ccc(O)c(Cl)c1. The number of nitriles is 1. The summed E-state index contributed by atoms with van der Waals surface area (Å²) in [6.07, 6.45) is 0.296. The van der Waals surface area contributed by atoms with Gasteiger partial charge in [-0.05, 0) is 24.1 Å². The summed E-state index contributed by atoms with van der Waals surface area (Å²) in [6, 6.07) is 6.41. The minimum Gasteiger partial charge on any atom is -0.506 e. The van der Waals surface area contributed by atoms with Gasteiger partial charge in [0.2, 0.25) is 0 Å². The Balaban J connectivity index is 2.91. The summed E-state index contributed by atoms with van der Waals surface area (Å²) in [6.45, 7) is 5.00. The molecule has 0 saturated heterocycles. The molecule has 5 heteroatoms. The van der Waals surface area contributed by atoms with Crippen LogP contribution in [0.1, 0.15) is 30.6 Å². The maximum absolute atomic E-state index is 12.3. The minimum absolute atomic E-state index is 0.0503. The first-order valence-corrected chi connectivity index (χ1v) is 6.48. The number of benzene rings is 1. The fourth-order valence-electron chi connectivity index (χ4n) is 1.72.